The molecule has 0 aliphatic carbocycles. The molecule has 0 saturated carbocycles. The maximum Gasteiger partial charge on any atom is 0.337 e. The lowest BCUT2D eigenvalue weighted by molar-refractivity contribution is 0.0697. The summed E-state index contributed by atoms with van der Waals surface area (Å²) in [6.07, 6.45) is 0.377. The molecule has 0 spiro atoms. The van der Waals surface area contributed by atoms with Gasteiger partial charge in [0.25, 0.3) is 0 Å². The van der Waals surface area contributed by atoms with Crippen LogP contribution in [0.25, 0.3) is 0 Å². The van der Waals surface area contributed by atoms with Gasteiger partial charge in [-0.3, -0.25) is 4.90 Å². The topological polar surface area (TPSA) is 104 Å². The Morgan fingerprint density at radius 3 is 2.57 bits per heavy atom. The molecule has 1 aromatic rings. The van der Waals surface area contributed by atoms with E-state index in [1.165, 1.54) is 24.1 Å². The first-order valence-electron chi connectivity index (χ1n) is 6.37. The average molecular weight is 312 g/mol. The second kappa shape index (κ2) is 5.72. The first-order chi connectivity index (χ1) is 9.80. The first-order valence-corrected chi connectivity index (χ1v) is 8.19. The number of hydrogen-bond acceptors (Lipinski definition) is 4. The maximum atomic E-state index is 12.1. The fourth-order valence-corrected chi connectivity index (χ4v) is 3.91. The van der Waals surface area contributed by atoms with Crippen molar-refractivity contribution in [3.63, 3.8) is 0 Å². The Labute approximate surface area is 122 Å². The number of anilines is 1. The van der Waals surface area contributed by atoms with E-state index in [4.69, 9.17) is 5.11 Å². The molecule has 1 aromatic carbocycles. The minimum atomic E-state index is -3.08. The minimum absolute atomic E-state index is 0.00851. The van der Waals surface area contributed by atoms with Crippen LogP contribution in [0, 0.1) is 0 Å². The third-order valence-corrected chi connectivity index (χ3v) is 5.13. The number of hydrogen-bond donors (Lipinski definition) is 2. The summed E-state index contributed by atoms with van der Waals surface area (Å²) in [6, 6.07) is 5.18. The smallest absolute Gasteiger partial charge is 0.337 e. The molecule has 0 aromatic heterocycles. The van der Waals surface area contributed by atoms with Gasteiger partial charge in [0.2, 0.25) is 0 Å². The summed E-state index contributed by atoms with van der Waals surface area (Å²) in [7, 11) is -1.64. The quantitative estimate of drug-likeness (QED) is 0.856. The van der Waals surface area contributed by atoms with E-state index in [0.717, 1.165) is 0 Å². The predicted molar refractivity (Wildman–Crippen MR) is 77.4 cm³/mol. The number of para-hydroxylation sites is 1. The number of sulfone groups is 1. The Bertz CT molecular complexity index is 671. The molecule has 1 fully saturated rings. The van der Waals surface area contributed by atoms with Crippen molar-refractivity contribution in [2.45, 2.75) is 12.5 Å². The van der Waals surface area contributed by atoms with Crippen molar-refractivity contribution in [3.05, 3.63) is 29.8 Å². The molecule has 1 atom stereocenters. The maximum absolute atomic E-state index is 12.1. The molecule has 1 heterocycles. The molecule has 21 heavy (non-hydrogen) atoms. The van der Waals surface area contributed by atoms with Crippen LogP contribution < -0.4 is 10.2 Å². The molecule has 0 bridgehead atoms. The van der Waals surface area contributed by atoms with Crippen LogP contribution in [0.1, 0.15) is 16.8 Å². The lowest BCUT2D eigenvalue weighted by Gasteiger charge is -2.21. The predicted octanol–water partition coefficient (Wildman–Crippen LogP) is 0.718. The first kappa shape index (κ1) is 15.3. The number of carbonyl (C=O) groups is 2. The lowest BCUT2D eigenvalue weighted by Crippen LogP contribution is -2.44. The van der Waals surface area contributed by atoms with E-state index in [0.29, 0.717) is 6.42 Å². The Morgan fingerprint density at radius 1 is 1.33 bits per heavy atom. The average Bonchev–Trinajstić information content (AvgIpc) is 2.76. The normalized spacial score (nSPS) is 20.0. The fourth-order valence-electron chi connectivity index (χ4n) is 2.24. The zero-order valence-electron chi connectivity index (χ0n) is 11.4. The summed E-state index contributed by atoms with van der Waals surface area (Å²) in [5.74, 6) is -1.14. The van der Waals surface area contributed by atoms with E-state index >= 15 is 0 Å². The van der Waals surface area contributed by atoms with Crippen LogP contribution in [0.5, 0.6) is 0 Å². The van der Waals surface area contributed by atoms with Gasteiger partial charge in [0.05, 0.1) is 22.8 Å². The van der Waals surface area contributed by atoms with Gasteiger partial charge in [-0.05, 0) is 18.6 Å². The van der Waals surface area contributed by atoms with Crippen molar-refractivity contribution in [2.75, 3.05) is 23.5 Å². The van der Waals surface area contributed by atoms with Crippen LogP contribution in [-0.2, 0) is 9.84 Å². The molecule has 1 aliphatic heterocycles. The second-order valence-electron chi connectivity index (χ2n) is 4.93. The van der Waals surface area contributed by atoms with Crippen LogP contribution in [0.3, 0.4) is 0 Å². The van der Waals surface area contributed by atoms with Crippen molar-refractivity contribution in [1.82, 2.24) is 5.32 Å². The molecule has 1 aliphatic rings. The van der Waals surface area contributed by atoms with Crippen molar-refractivity contribution in [3.8, 4) is 0 Å². The number of benzene rings is 1. The van der Waals surface area contributed by atoms with Gasteiger partial charge in [0, 0.05) is 13.1 Å². The monoisotopic (exact) mass is 312 g/mol. The molecule has 1 saturated heterocycles. The minimum Gasteiger partial charge on any atom is -0.478 e. The Balaban J connectivity index is 2.12. The van der Waals surface area contributed by atoms with E-state index in [-0.39, 0.29) is 22.8 Å². The fraction of sp³-hybridized carbons (Fsp3) is 0.385. The highest BCUT2D eigenvalue weighted by Gasteiger charge is 2.30. The van der Waals surface area contributed by atoms with Crippen LogP contribution in [0.15, 0.2) is 24.3 Å². The van der Waals surface area contributed by atoms with E-state index in [1.54, 1.807) is 12.1 Å². The number of aromatic carboxylic acids is 1. The van der Waals surface area contributed by atoms with Gasteiger partial charge in [0.15, 0.2) is 9.84 Å². The van der Waals surface area contributed by atoms with Crippen molar-refractivity contribution < 1.29 is 23.1 Å². The zero-order valence-corrected chi connectivity index (χ0v) is 12.3. The lowest BCUT2D eigenvalue weighted by atomic mass is 10.1. The molecule has 1 unspecified atom stereocenters. The molecule has 2 N–H and O–H groups in total. The van der Waals surface area contributed by atoms with Crippen molar-refractivity contribution in [2.24, 2.45) is 0 Å². The standard InChI is InChI=1S/C13H16N2O5S/c1-15(11-5-3-2-4-10(11)12(16)17)13(18)14-9-6-7-21(19,20)8-9/h2-5,9H,6-8H2,1H3,(H,14,18)(H,16,17). The molecular weight excluding hydrogens is 296 g/mol. The van der Waals surface area contributed by atoms with Crippen LogP contribution >= 0.6 is 0 Å². The Kier molecular flexibility index (Phi) is 4.17. The summed E-state index contributed by atoms with van der Waals surface area (Å²) in [6.45, 7) is 0. The molecule has 114 valence electrons. The van der Waals surface area contributed by atoms with Gasteiger partial charge in [-0.25, -0.2) is 18.0 Å². The highest BCUT2D eigenvalue weighted by atomic mass is 32.2. The molecule has 0 radical (unpaired) electrons. The zero-order chi connectivity index (χ0) is 15.6. The van der Waals surface area contributed by atoms with Gasteiger partial charge < -0.3 is 10.4 Å². The number of rotatable bonds is 3. The largest absolute Gasteiger partial charge is 0.478 e. The number of urea groups is 1. The van der Waals surface area contributed by atoms with Crippen LogP contribution in [0.4, 0.5) is 10.5 Å². The van der Waals surface area contributed by atoms with Gasteiger partial charge in [0.1, 0.15) is 0 Å². The number of carboxylic acid groups (broad SMARTS) is 1. The number of carboxylic acids is 1. The third-order valence-electron chi connectivity index (χ3n) is 3.36. The second-order valence-corrected chi connectivity index (χ2v) is 7.16. The number of amides is 2. The molecule has 7 nitrogen and oxygen atoms in total. The summed E-state index contributed by atoms with van der Waals surface area (Å²) in [5.41, 5.74) is 0.262. The highest BCUT2D eigenvalue weighted by Crippen LogP contribution is 2.20. The Hall–Kier alpha value is -2.09. The number of carbonyl (C=O) groups excluding carboxylic acids is 1. The van der Waals surface area contributed by atoms with Gasteiger partial charge >= 0.3 is 12.0 Å². The molecule has 2 rings (SSSR count). The van der Waals surface area contributed by atoms with E-state index in [1.807, 2.05) is 0 Å². The highest BCUT2D eigenvalue weighted by molar-refractivity contribution is 7.91. The summed E-state index contributed by atoms with van der Waals surface area (Å²) in [5, 5.41) is 11.7. The summed E-state index contributed by atoms with van der Waals surface area (Å²) >= 11 is 0. The van der Waals surface area contributed by atoms with Crippen LogP contribution in [0.2, 0.25) is 0 Å². The molecular formula is C13H16N2O5S. The molecule has 8 heteroatoms. The summed E-state index contributed by atoms with van der Waals surface area (Å²) in [4.78, 5) is 24.4. The van der Waals surface area contributed by atoms with Crippen molar-refractivity contribution >= 4 is 27.5 Å². The van der Waals surface area contributed by atoms with Gasteiger partial charge in [-0.15, -0.1) is 0 Å². The van der Waals surface area contributed by atoms with E-state index in [2.05, 4.69) is 5.32 Å². The molecule has 2 amide bonds. The Morgan fingerprint density at radius 2 is 2.00 bits per heavy atom. The van der Waals surface area contributed by atoms with Crippen LogP contribution in [-0.4, -0.2) is 50.1 Å². The third kappa shape index (κ3) is 3.52. The number of nitrogens with zero attached hydrogens (tertiary/aromatic N) is 1. The van der Waals surface area contributed by atoms with E-state index in [9.17, 15) is 18.0 Å². The van der Waals surface area contributed by atoms with Gasteiger partial charge in [-0.1, -0.05) is 12.1 Å². The number of nitrogens with one attached hydrogen (secondary N) is 1. The van der Waals surface area contributed by atoms with Gasteiger partial charge in [-0.2, -0.15) is 0 Å². The van der Waals surface area contributed by atoms with Crippen molar-refractivity contribution in [1.29, 1.82) is 0 Å². The van der Waals surface area contributed by atoms with E-state index < -0.39 is 27.9 Å². The SMILES string of the molecule is CN(C(=O)NC1CCS(=O)(=O)C1)c1ccccc1C(=O)O. The summed E-state index contributed by atoms with van der Waals surface area (Å²) < 4.78 is 22.7.